The summed E-state index contributed by atoms with van der Waals surface area (Å²) < 4.78 is 2.11. The van der Waals surface area contributed by atoms with Crippen molar-refractivity contribution in [3.05, 3.63) is 54.1 Å². The molecule has 3 rings (SSSR count). The first-order chi connectivity index (χ1) is 11.2. The summed E-state index contributed by atoms with van der Waals surface area (Å²) in [4.78, 5) is 6.66. The third-order valence-corrected chi connectivity index (χ3v) is 3.76. The Kier molecular flexibility index (Phi) is 4.28. The molecule has 0 bridgehead atoms. The molecule has 0 spiro atoms. The third kappa shape index (κ3) is 3.18. The number of hydrogen-bond acceptors (Lipinski definition) is 4. The zero-order valence-corrected chi connectivity index (χ0v) is 13.7. The number of nitrogens with zero attached hydrogens (tertiary/aromatic N) is 4. The first kappa shape index (κ1) is 15.1. The van der Waals surface area contributed by atoms with Crippen molar-refractivity contribution in [2.75, 3.05) is 24.4 Å². The Balaban J connectivity index is 1.77. The van der Waals surface area contributed by atoms with Crippen molar-refractivity contribution >= 4 is 28.9 Å². The molecule has 0 saturated heterocycles. The zero-order valence-electron chi connectivity index (χ0n) is 13.7. The molecular formula is C18H21N5. The second kappa shape index (κ2) is 6.52. The maximum atomic E-state index is 4.58. The van der Waals surface area contributed by atoms with Gasteiger partial charge in [0.2, 0.25) is 5.95 Å². The van der Waals surface area contributed by atoms with Crippen molar-refractivity contribution in [1.29, 1.82) is 0 Å². The monoisotopic (exact) mass is 307 g/mol. The highest BCUT2D eigenvalue weighted by molar-refractivity contribution is 5.82. The van der Waals surface area contributed by atoms with Gasteiger partial charge in [-0.05, 0) is 36.8 Å². The lowest BCUT2D eigenvalue weighted by atomic mass is 10.2. The molecule has 1 aromatic heterocycles. The Morgan fingerprint density at radius 2 is 1.87 bits per heavy atom. The Morgan fingerprint density at radius 3 is 2.57 bits per heavy atom. The van der Waals surface area contributed by atoms with Gasteiger partial charge in [-0.25, -0.2) is 10.4 Å². The van der Waals surface area contributed by atoms with Crippen LogP contribution in [0.5, 0.6) is 0 Å². The van der Waals surface area contributed by atoms with Crippen LogP contribution in [0, 0.1) is 0 Å². The van der Waals surface area contributed by atoms with Crippen molar-refractivity contribution < 1.29 is 0 Å². The van der Waals surface area contributed by atoms with E-state index >= 15 is 0 Å². The summed E-state index contributed by atoms with van der Waals surface area (Å²) in [5.74, 6) is 0.759. The first-order valence-electron chi connectivity index (χ1n) is 7.70. The smallest absolute Gasteiger partial charge is 0.224 e. The van der Waals surface area contributed by atoms with Crippen molar-refractivity contribution in [3.8, 4) is 0 Å². The maximum Gasteiger partial charge on any atom is 0.224 e. The van der Waals surface area contributed by atoms with E-state index in [1.54, 1.807) is 6.21 Å². The molecule has 118 valence electrons. The van der Waals surface area contributed by atoms with Crippen LogP contribution >= 0.6 is 0 Å². The molecule has 23 heavy (non-hydrogen) atoms. The van der Waals surface area contributed by atoms with Crippen LogP contribution in [0.25, 0.3) is 11.0 Å². The van der Waals surface area contributed by atoms with Crippen LogP contribution in [0.1, 0.15) is 12.5 Å². The number of hydrazone groups is 1. The number of benzene rings is 2. The number of imidazole rings is 1. The predicted molar refractivity (Wildman–Crippen MR) is 97.4 cm³/mol. The lowest BCUT2D eigenvalue weighted by Gasteiger charge is -2.11. The van der Waals surface area contributed by atoms with Crippen molar-refractivity contribution in [2.24, 2.45) is 5.10 Å². The first-order valence-corrected chi connectivity index (χ1v) is 7.70. The number of aromatic nitrogens is 2. The van der Waals surface area contributed by atoms with E-state index in [-0.39, 0.29) is 0 Å². The molecule has 3 aromatic rings. The molecule has 0 atom stereocenters. The summed E-state index contributed by atoms with van der Waals surface area (Å²) in [5, 5.41) is 4.32. The predicted octanol–water partition coefficient (Wildman–Crippen LogP) is 3.57. The molecule has 0 fully saturated rings. The lowest BCUT2D eigenvalue weighted by molar-refractivity contribution is 0.791. The lowest BCUT2D eigenvalue weighted by Crippen LogP contribution is -2.08. The van der Waals surface area contributed by atoms with Crippen molar-refractivity contribution in [2.45, 2.75) is 13.5 Å². The second-order valence-corrected chi connectivity index (χ2v) is 5.52. The molecule has 0 saturated carbocycles. The molecule has 0 aliphatic heterocycles. The van der Waals surface area contributed by atoms with Crippen LogP contribution in [0.15, 0.2) is 53.6 Å². The SMILES string of the molecule is CCn1c(N/N=C\c2ccc(N(C)C)cc2)nc2ccccc21. The summed E-state index contributed by atoms with van der Waals surface area (Å²) >= 11 is 0. The number of nitrogens with one attached hydrogen (secondary N) is 1. The molecule has 0 amide bonds. The number of aryl methyl sites for hydroxylation is 1. The normalized spacial score (nSPS) is 11.3. The summed E-state index contributed by atoms with van der Waals surface area (Å²) in [6, 6.07) is 16.3. The van der Waals surface area contributed by atoms with Gasteiger partial charge >= 0.3 is 0 Å². The highest BCUT2D eigenvalue weighted by Gasteiger charge is 2.07. The van der Waals surface area contributed by atoms with Crippen LogP contribution in [0.4, 0.5) is 11.6 Å². The fraction of sp³-hybridized carbons (Fsp3) is 0.222. The fourth-order valence-corrected chi connectivity index (χ4v) is 2.50. The standard InChI is InChI=1S/C18H21N5/c1-4-23-17-8-6-5-7-16(17)20-18(23)21-19-13-14-9-11-15(12-10-14)22(2)3/h5-13H,4H2,1-3H3,(H,20,21)/b19-13-. The number of rotatable bonds is 5. The Bertz CT molecular complexity index is 815. The van der Waals surface area contributed by atoms with E-state index in [9.17, 15) is 0 Å². The number of hydrogen-bond donors (Lipinski definition) is 1. The molecular weight excluding hydrogens is 286 g/mol. The van der Waals surface area contributed by atoms with E-state index in [1.807, 2.05) is 44.4 Å². The summed E-state index contributed by atoms with van der Waals surface area (Å²) in [7, 11) is 4.06. The zero-order chi connectivity index (χ0) is 16.2. The van der Waals surface area contributed by atoms with Crippen LogP contribution in [0.2, 0.25) is 0 Å². The minimum Gasteiger partial charge on any atom is -0.378 e. The van der Waals surface area contributed by atoms with Gasteiger partial charge in [-0.3, -0.25) is 0 Å². The molecule has 1 N–H and O–H groups in total. The van der Waals surface area contributed by atoms with E-state index in [1.165, 1.54) is 5.69 Å². The van der Waals surface area contributed by atoms with E-state index in [0.717, 1.165) is 29.1 Å². The van der Waals surface area contributed by atoms with E-state index in [2.05, 4.69) is 50.1 Å². The number of fused-ring (bicyclic) bond motifs is 1. The molecule has 5 nitrogen and oxygen atoms in total. The number of para-hydroxylation sites is 2. The van der Waals surface area contributed by atoms with Gasteiger partial charge in [0.25, 0.3) is 0 Å². The van der Waals surface area contributed by atoms with Crippen LogP contribution in [-0.2, 0) is 6.54 Å². The van der Waals surface area contributed by atoms with Crippen LogP contribution < -0.4 is 10.3 Å². The molecule has 0 unspecified atom stereocenters. The Labute approximate surface area is 136 Å². The molecule has 1 heterocycles. The van der Waals surface area contributed by atoms with E-state index in [0.29, 0.717) is 0 Å². The van der Waals surface area contributed by atoms with Crippen LogP contribution in [-0.4, -0.2) is 29.9 Å². The summed E-state index contributed by atoms with van der Waals surface area (Å²) in [6.45, 7) is 2.94. The van der Waals surface area contributed by atoms with Gasteiger partial charge in [-0.2, -0.15) is 5.10 Å². The van der Waals surface area contributed by atoms with Gasteiger partial charge in [-0.1, -0.05) is 24.3 Å². The minimum atomic E-state index is 0.759. The molecule has 5 heteroatoms. The van der Waals surface area contributed by atoms with Gasteiger partial charge in [-0.15, -0.1) is 0 Å². The second-order valence-electron chi connectivity index (χ2n) is 5.52. The quantitative estimate of drug-likeness (QED) is 0.579. The van der Waals surface area contributed by atoms with Crippen molar-refractivity contribution in [1.82, 2.24) is 9.55 Å². The Morgan fingerprint density at radius 1 is 1.13 bits per heavy atom. The van der Waals surface area contributed by atoms with Crippen molar-refractivity contribution in [3.63, 3.8) is 0 Å². The minimum absolute atomic E-state index is 0.759. The van der Waals surface area contributed by atoms with Gasteiger partial charge in [0.05, 0.1) is 17.2 Å². The molecule has 0 aliphatic rings. The molecule has 0 aliphatic carbocycles. The summed E-state index contributed by atoms with van der Waals surface area (Å²) in [5.41, 5.74) is 7.35. The topological polar surface area (TPSA) is 45.5 Å². The van der Waals surface area contributed by atoms with Gasteiger partial charge in [0, 0.05) is 26.3 Å². The highest BCUT2D eigenvalue weighted by Crippen LogP contribution is 2.19. The van der Waals surface area contributed by atoms with Crippen LogP contribution in [0.3, 0.4) is 0 Å². The Hall–Kier alpha value is -2.82. The fourth-order valence-electron chi connectivity index (χ4n) is 2.50. The average molecular weight is 307 g/mol. The molecule has 2 aromatic carbocycles. The van der Waals surface area contributed by atoms with Gasteiger partial charge in [0.1, 0.15) is 0 Å². The van der Waals surface area contributed by atoms with E-state index in [4.69, 9.17) is 0 Å². The van der Waals surface area contributed by atoms with Gasteiger partial charge < -0.3 is 9.47 Å². The largest absolute Gasteiger partial charge is 0.378 e. The summed E-state index contributed by atoms with van der Waals surface area (Å²) in [6.07, 6.45) is 1.80. The number of anilines is 2. The van der Waals surface area contributed by atoms with E-state index < -0.39 is 0 Å². The molecule has 0 radical (unpaired) electrons. The maximum absolute atomic E-state index is 4.58. The average Bonchev–Trinajstić information content (AvgIpc) is 2.92. The highest BCUT2D eigenvalue weighted by atomic mass is 15.4. The van der Waals surface area contributed by atoms with Gasteiger partial charge in [0.15, 0.2) is 0 Å². The third-order valence-electron chi connectivity index (χ3n) is 3.76.